The summed E-state index contributed by atoms with van der Waals surface area (Å²) in [6.07, 6.45) is 23.2. The Morgan fingerprint density at radius 2 is 0.541 bits per heavy atom. The zero-order valence-electron chi connectivity index (χ0n) is 90.2. The summed E-state index contributed by atoms with van der Waals surface area (Å²) in [6, 6.07) is 3.83. The lowest BCUT2D eigenvalue weighted by Gasteiger charge is -2.39. The van der Waals surface area contributed by atoms with Gasteiger partial charge < -0.3 is 114 Å². The van der Waals surface area contributed by atoms with Crippen molar-refractivity contribution in [3.8, 4) is 11.1 Å². The molecule has 133 heavy (non-hydrogen) atoms. The molecule has 2 rings (SSSR count). The van der Waals surface area contributed by atoms with E-state index < -0.39 is 139 Å². The zero-order chi connectivity index (χ0) is 102. The van der Waals surface area contributed by atoms with E-state index in [0.29, 0.717) is 69.3 Å². The van der Waals surface area contributed by atoms with Crippen molar-refractivity contribution in [2.45, 2.75) is 305 Å². The van der Waals surface area contributed by atoms with Crippen LogP contribution in [0.15, 0.2) is 49.1 Å². The third-order valence-corrected chi connectivity index (χ3v) is 24.3. The van der Waals surface area contributed by atoms with E-state index in [1.807, 2.05) is 103 Å². The fraction of sp³-hybridized carbons (Fsp3) is 0.820. The smallest absolute Gasteiger partial charge is 0.365 e. The lowest BCUT2D eigenvalue weighted by atomic mass is 10.0. The zero-order valence-corrected chi connectivity index (χ0v) is 90.2. The average molecular weight is 1900 g/mol. The quantitative estimate of drug-likeness (QED) is 0.0163. The SMILES string of the molecule is CCC(OC(=O)C(CCCC[N+](C)(C)C)[N+](C)(C)C)C(OC(=O)C(CCCC[N+](C)(C)C)[N+](C)(C)C)C(COC(=O)C(CCCC[N+](C)(C)C)[N+](C)(C)C)OC(=O)C(CCCC[N+](C)(C)C)[N+](C)(C)C.CCCCCC([NH3+])C(=O)OC(COC(=O)C([NH3+])CCCC[NH3+])C(OC(=O)C([NH3+])CCCC[NH3+])C(CC)OC(=O)C([NH3+])CCCC[NH3+].CCCC[n+]1ccc(-c2cc[n+](C)cc2)cc1. The molecule has 0 aliphatic carbocycles. The van der Waals surface area contributed by atoms with Crippen LogP contribution in [0.25, 0.3) is 11.1 Å². The molecule has 0 aliphatic rings. The van der Waals surface area contributed by atoms with Crippen LogP contribution in [-0.2, 0) is 89.8 Å². The minimum absolute atomic E-state index is 0.230. The van der Waals surface area contributed by atoms with Gasteiger partial charge in [-0.1, -0.05) is 47.0 Å². The highest BCUT2D eigenvalue weighted by atomic mass is 16.6. The number of pyridine rings is 2. The molecule has 21 N–H and O–H groups in total. The number of unbranched alkanes of at least 4 members (excludes halogenated alkanes) is 10. The first-order valence-electron chi connectivity index (χ1n) is 50.3. The van der Waals surface area contributed by atoms with E-state index in [1.54, 1.807) is 6.92 Å². The second-order valence-electron chi connectivity index (χ2n) is 45.1. The maximum atomic E-state index is 14.9. The van der Waals surface area contributed by atoms with Gasteiger partial charge in [-0.15, -0.1) is 0 Å². The fourth-order valence-electron chi connectivity index (χ4n) is 15.5. The van der Waals surface area contributed by atoms with Crippen LogP contribution in [0, 0.1) is 0 Å². The van der Waals surface area contributed by atoms with Gasteiger partial charge in [0.25, 0.3) is 0 Å². The molecule has 0 saturated carbocycles. The standard InChI is InChI=1S/C54H118N8O8.C31H63N7O8.C15H20N2/c1-26-48(68-52(64)45(60(17,18)19)36-28-32-40-56(5,6)7)50(70-54(66)47(62(23,24)25)38-30-34-42-58(11,12)13)49(69-53(65)46(61(20,21)22)37-29-33-41-57(8,9)10)43-67-51(63)44(59(14,15)16)35-27-31-39-55(2,3)4;1-3-5-6-13-22(36)30(41)45-26(20-43-28(39)21(35)14-7-10-17-32)27(46-31(42)24(38)16-9-12-19-34)25(4-2)44-29(40)23(37)15-8-11-18-33;1-3-4-9-17-12-7-15(8-13-17)14-5-10-16(2)11-6-14/h44-50H,26-43H2,1-25H3;21-27H,3-20,32-38H2,1-2H3;5-8,10-13H,3-4,9H2,1-2H3/q+8;;+2/p+7. The van der Waals surface area contributed by atoms with E-state index in [9.17, 15) is 38.4 Å². The molecule has 0 amide bonds. The van der Waals surface area contributed by atoms with Crippen LogP contribution in [0.2, 0.25) is 0 Å². The first-order valence-corrected chi connectivity index (χ1v) is 50.3. The number of quaternary nitrogens is 15. The lowest BCUT2D eigenvalue weighted by molar-refractivity contribution is -0.888. The van der Waals surface area contributed by atoms with Crippen LogP contribution in [0.4, 0.5) is 0 Å². The number of likely N-dealkylation sites (N-methyl/N-ethyl adjacent to an activating group) is 4. The van der Waals surface area contributed by atoms with Gasteiger partial charge in [0.2, 0.25) is 0 Å². The molecule has 0 saturated heterocycles. The van der Waals surface area contributed by atoms with Crippen LogP contribution in [-0.4, -0.2) is 397 Å². The van der Waals surface area contributed by atoms with E-state index in [4.69, 9.17) is 37.9 Å². The van der Waals surface area contributed by atoms with Gasteiger partial charge >= 0.3 is 47.8 Å². The number of rotatable bonds is 68. The normalized spacial score (nSPS) is 15.6. The number of carbonyl (C=O) groups excluding carboxylic acids is 8. The average Bonchev–Trinajstić information content (AvgIpc) is 0.830. The largest absolute Gasteiger partial charge is 0.457 e. The fourth-order valence-corrected chi connectivity index (χ4v) is 15.5. The van der Waals surface area contributed by atoms with Gasteiger partial charge in [-0.3, -0.25) is 0 Å². The van der Waals surface area contributed by atoms with Crippen LogP contribution in [0.5, 0.6) is 0 Å². The van der Waals surface area contributed by atoms with E-state index in [0.717, 1.165) is 179 Å². The number of ether oxygens (including phenoxy) is 8. The molecule has 2 aromatic heterocycles. The molecule has 33 heteroatoms. The number of esters is 8. The van der Waals surface area contributed by atoms with Crippen LogP contribution >= 0.6 is 0 Å². The predicted molar refractivity (Wildman–Crippen MR) is 520 cm³/mol. The molecule has 0 radical (unpaired) electrons. The number of aryl methyl sites for hydroxylation is 2. The Morgan fingerprint density at radius 1 is 0.293 bits per heavy atom. The molecule has 14 unspecified atom stereocenters. The Kier molecular flexibility index (Phi) is 60.7. The van der Waals surface area contributed by atoms with Gasteiger partial charge in [-0.05, 0) is 120 Å². The predicted octanol–water partition coefficient (Wildman–Crippen LogP) is 1.68. The van der Waals surface area contributed by atoms with Gasteiger partial charge in [0.15, 0.2) is 97.5 Å². The molecular formula is C100H208N17O16+17. The number of carbonyl (C=O) groups is 8. The molecule has 0 spiro atoms. The molecule has 2 heterocycles. The monoisotopic (exact) mass is 1900 g/mol. The molecule has 14 atom stereocenters. The maximum Gasteiger partial charge on any atom is 0.365 e. The molecule has 33 nitrogen and oxygen atoms in total. The topological polar surface area (TPSA) is 412 Å². The first-order chi connectivity index (χ1) is 61.6. The van der Waals surface area contributed by atoms with Gasteiger partial charge in [0.05, 0.1) is 215 Å². The third-order valence-electron chi connectivity index (χ3n) is 24.3. The summed E-state index contributed by atoms with van der Waals surface area (Å²) >= 11 is 0. The highest BCUT2D eigenvalue weighted by Gasteiger charge is 2.48. The van der Waals surface area contributed by atoms with Gasteiger partial charge in [-0.2, -0.15) is 0 Å². The minimum atomic E-state index is -1.27. The highest BCUT2D eigenvalue weighted by molar-refractivity contribution is 5.79. The van der Waals surface area contributed by atoms with E-state index in [1.165, 1.54) is 24.0 Å². The van der Waals surface area contributed by atoms with E-state index >= 15 is 0 Å². The first kappa shape index (κ1) is 126. The summed E-state index contributed by atoms with van der Waals surface area (Å²) < 4.78 is 58.4. The summed E-state index contributed by atoms with van der Waals surface area (Å²) in [4.78, 5) is 111. The molecule has 772 valence electrons. The maximum absolute atomic E-state index is 14.9. The molecule has 0 fully saturated rings. The van der Waals surface area contributed by atoms with Crippen molar-refractivity contribution in [2.75, 3.05) is 228 Å². The number of hydrogen-bond acceptors (Lipinski definition) is 16. The lowest BCUT2D eigenvalue weighted by Crippen LogP contribution is -2.68. The van der Waals surface area contributed by atoms with E-state index in [2.05, 4.69) is 192 Å². The third kappa shape index (κ3) is 56.8. The van der Waals surface area contributed by atoms with Gasteiger partial charge in [0.1, 0.15) is 39.0 Å². The molecule has 0 bridgehead atoms. The number of hydrogen-bond donors (Lipinski definition) is 7. The number of aromatic nitrogens is 2. The van der Waals surface area contributed by atoms with Crippen molar-refractivity contribution >= 4 is 47.8 Å². The van der Waals surface area contributed by atoms with Gasteiger partial charge in [0, 0.05) is 82.1 Å². The van der Waals surface area contributed by atoms with E-state index in [-0.39, 0.29) is 19.4 Å². The molecule has 2 aromatic rings. The highest BCUT2D eigenvalue weighted by Crippen LogP contribution is 2.28. The van der Waals surface area contributed by atoms with Crippen molar-refractivity contribution in [1.82, 2.24) is 0 Å². The summed E-state index contributed by atoms with van der Waals surface area (Å²) in [5.41, 5.74) is 29.9. The summed E-state index contributed by atoms with van der Waals surface area (Å²) in [7, 11) is 51.8. The van der Waals surface area contributed by atoms with Crippen molar-refractivity contribution in [1.29, 1.82) is 0 Å². The van der Waals surface area contributed by atoms with Crippen molar-refractivity contribution in [3.63, 3.8) is 0 Å². The van der Waals surface area contributed by atoms with Crippen LogP contribution in [0.3, 0.4) is 0 Å². The Hall–Kier alpha value is -6.54. The minimum Gasteiger partial charge on any atom is -0.457 e. The van der Waals surface area contributed by atoms with Gasteiger partial charge in [-0.25, -0.2) is 47.5 Å². The molecular weight excluding hydrogens is 1700 g/mol. The molecule has 0 aliphatic heterocycles. The van der Waals surface area contributed by atoms with Crippen molar-refractivity contribution < 1.29 is 161 Å². The molecule has 0 aromatic carbocycles. The van der Waals surface area contributed by atoms with Crippen LogP contribution in [0.1, 0.15) is 214 Å². The van der Waals surface area contributed by atoms with Crippen LogP contribution < -0.4 is 49.3 Å². The second kappa shape index (κ2) is 63.9. The number of nitrogens with zero attached hydrogens (tertiary/aromatic N) is 10. The Balaban J connectivity index is 0.00000233. The summed E-state index contributed by atoms with van der Waals surface area (Å²) in [6.45, 7) is 14.3. The summed E-state index contributed by atoms with van der Waals surface area (Å²) in [5.74, 6) is -4.15. The summed E-state index contributed by atoms with van der Waals surface area (Å²) in [5, 5.41) is 0. The second-order valence-corrected chi connectivity index (χ2v) is 45.1. The Morgan fingerprint density at radius 3 is 0.842 bits per heavy atom. The van der Waals surface area contributed by atoms with Crippen molar-refractivity contribution in [3.05, 3.63) is 49.1 Å². The van der Waals surface area contributed by atoms with Crippen molar-refractivity contribution in [2.24, 2.45) is 7.05 Å². The Labute approximate surface area is 806 Å². The Bertz CT molecular complexity index is 3550.